The van der Waals surface area contributed by atoms with Gasteiger partial charge in [0, 0.05) is 31.7 Å². The second-order valence-electron chi connectivity index (χ2n) is 8.26. The summed E-state index contributed by atoms with van der Waals surface area (Å²) in [6, 6.07) is 17.1. The normalized spacial score (nSPS) is 14.6. The first-order valence-electron chi connectivity index (χ1n) is 11.8. The van der Waals surface area contributed by atoms with Crippen LogP contribution < -0.4 is 10.1 Å². The van der Waals surface area contributed by atoms with Crippen LogP contribution in [0.3, 0.4) is 0 Å². The lowest BCUT2D eigenvalue weighted by molar-refractivity contribution is -0.132. The van der Waals surface area contributed by atoms with Gasteiger partial charge in [0.2, 0.25) is 15.2 Å². The number of nitrogens with zero attached hydrogens (tertiary/aromatic N) is 2. The highest BCUT2D eigenvalue weighted by atomic mass is 32.2. The first-order valence-corrected chi connectivity index (χ1v) is 13.3. The molecule has 4 rings (SSSR count). The third-order valence-corrected chi connectivity index (χ3v) is 7.77. The number of benzene rings is 2. The molecule has 11 heteroatoms. The van der Waals surface area contributed by atoms with Crippen LogP contribution >= 0.6 is 0 Å². The molecule has 37 heavy (non-hydrogen) atoms. The van der Waals surface area contributed by atoms with E-state index in [-0.39, 0.29) is 42.7 Å². The number of sulfone groups is 1. The number of rotatable bonds is 8. The van der Waals surface area contributed by atoms with Gasteiger partial charge in [-0.3, -0.25) is 14.4 Å². The van der Waals surface area contributed by atoms with E-state index in [4.69, 9.17) is 9.15 Å². The van der Waals surface area contributed by atoms with Gasteiger partial charge in [0.15, 0.2) is 5.76 Å². The number of nitrogens with one attached hydrogen (secondary N) is 1. The van der Waals surface area contributed by atoms with Gasteiger partial charge in [-0.1, -0.05) is 18.2 Å². The maximum atomic E-state index is 13.5. The van der Waals surface area contributed by atoms with Gasteiger partial charge in [0.1, 0.15) is 5.75 Å². The molecular formula is C26H27N3O7S. The molecule has 0 bridgehead atoms. The van der Waals surface area contributed by atoms with Crippen LogP contribution in [-0.2, 0) is 14.6 Å². The van der Waals surface area contributed by atoms with Gasteiger partial charge in [0.25, 0.3) is 17.7 Å². The first-order chi connectivity index (χ1) is 17.8. The molecule has 1 fully saturated rings. The minimum Gasteiger partial charge on any atom is -0.494 e. The van der Waals surface area contributed by atoms with Crippen LogP contribution in [-0.4, -0.2) is 74.1 Å². The fraction of sp³-hybridized carbons (Fsp3) is 0.269. The summed E-state index contributed by atoms with van der Waals surface area (Å²) in [5.41, 5.74) is 0.485. The van der Waals surface area contributed by atoms with Crippen LogP contribution in [0.1, 0.15) is 27.8 Å². The number of carbonyl (C=O) groups is 3. The molecule has 3 aromatic rings. The van der Waals surface area contributed by atoms with Gasteiger partial charge in [-0.05, 0) is 55.5 Å². The number of hydrogen-bond donors (Lipinski definition) is 1. The molecule has 0 radical (unpaired) electrons. The van der Waals surface area contributed by atoms with Crippen LogP contribution in [0, 0.1) is 0 Å². The van der Waals surface area contributed by atoms with Crippen molar-refractivity contribution in [1.82, 2.24) is 15.1 Å². The lowest BCUT2D eigenvalue weighted by Gasteiger charge is -2.36. The van der Waals surface area contributed by atoms with Crippen molar-refractivity contribution in [2.24, 2.45) is 0 Å². The summed E-state index contributed by atoms with van der Waals surface area (Å²) in [6.07, 6.45) is 1.28. The molecule has 10 nitrogen and oxygen atoms in total. The molecule has 0 aliphatic carbocycles. The van der Waals surface area contributed by atoms with E-state index in [0.717, 1.165) is 0 Å². The molecule has 1 N–H and O–H groups in total. The number of hydrogen-bond acceptors (Lipinski definition) is 7. The van der Waals surface area contributed by atoms with Crippen molar-refractivity contribution in [2.45, 2.75) is 17.2 Å². The Bertz CT molecular complexity index is 1330. The van der Waals surface area contributed by atoms with E-state index in [1.165, 1.54) is 47.6 Å². The first kappa shape index (κ1) is 26.0. The lowest BCUT2D eigenvalue weighted by Crippen LogP contribution is -2.57. The minimum atomic E-state index is -4.27. The largest absolute Gasteiger partial charge is 0.494 e. The lowest BCUT2D eigenvalue weighted by atomic mass is 10.1. The molecular weight excluding hydrogens is 498 g/mol. The molecule has 0 saturated carbocycles. The van der Waals surface area contributed by atoms with Crippen molar-refractivity contribution in [2.75, 3.05) is 32.8 Å². The molecule has 0 spiro atoms. The fourth-order valence-electron chi connectivity index (χ4n) is 3.95. The van der Waals surface area contributed by atoms with Crippen LogP contribution in [0.4, 0.5) is 0 Å². The standard InChI is InChI=1S/C26H27N3O7S/c1-2-35-20-12-10-19(11-13-20)25(31)28-14-16-29(17-15-28)26(32)24(27-23(30)22-9-6-18-36-22)37(33,34)21-7-4-3-5-8-21/h3-13,18,24H,2,14-17H2,1H3,(H,27,30). The summed E-state index contributed by atoms with van der Waals surface area (Å²) in [7, 11) is -4.27. The van der Waals surface area contributed by atoms with Gasteiger partial charge in [-0.15, -0.1) is 0 Å². The molecule has 1 unspecified atom stereocenters. The fourth-order valence-corrected chi connectivity index (χ4v) is 5.44. The molecule has 2 heterocycles. The summed E-state index contributed by atoms with van der Waals surface area (Å²) in [6.45, 7) is 3.03. The molecule has 1 aromatic heterocycles. The Morgan fingerprint density at radius 3 is 2.16 bits per heavy atom. The topological polar surface area (TPSA) is 126 Å². The Labute approximate surface area is 214 Å². The summed E-state index contributed by atoms with van der Waals surface area (Å²) in [4.78, 5) is 41.9. The zero-order valence-electron chi connectivity index (χ0n) is 20.2. The zero-order valence-corrected chi connectivity index (χ0v) is 21.0. The molecule has 1 atom stereocenters. The van der Waals surface area contributed by atoms with Gasteiger partial charge in [0.05, 0.1) is 17.8 Å². The highest BCUT2D eigenvalue weighted by molar-refractivity contribution is 7.92. The number of ether oxygens (including phenoxy) is 1. The van der Waals surface area contributed by atoms with Crippen molar-refractivity contribution in [1.29, 1.82) is 0 Å². The number of amides is 3. The van der Waals surface area contributed by atoms with Crippen LogP contribution in [0.15, 0.2) is 82.3 Å². The van der Waals surface area contributed by atoms with Gasteiger partial charge in [-0.25, -0.2) is 8.42 Å². The second kappa shape index (κ2) is 11.3. The third kappa shape index (κ3) is 5.83. The van der Waals surface area contributed by atoms with E-state index in [0.29, 0.717) is 17.9 Å². The Morgan fingerprint density at radius 2 is 1.57 bits per heavy atom. The third-order valence-electron chi connectivity index (χ3n) is 5.90. The number of furan rings is 1. The Hall–Kier alpha value is -4.12. The Kier molecular flexibility index (Phi) is 7.92. The van der Waals surface area contributed by atoms with Crippen LogP contribution in [0.5, 0.6) is 5.75 Å². The average molecular weight is 526 g/mol. The SMILES string of the molecule is CCOc1ccc(C(=O)N2CCN(C(=O)C(NC(=O)c3ccco3)S(=O)(=O)c3ccccc3)CC2)cc1. The average Bonchev–Trinajstić information content (AvgIpc) is 3.47. The summed E-state index contributed by atoms with van der Waals surface area (Å²) in [5.74, 6) is -1.26. The predicted molar refractivity (Wildman–Crippen MR) is 134 cm³/mol. The van der Waals surface area contributed by atoms with E-state index in [9.17, 15) is 22.8 Å². The van der Waals surface area contributed by atoms with Crippen LogP contribution in [0.2, 0.25) is 0 Å². The highest BCUT2D eigenvalue weighted by Gasteiger charge is 2.40. The summed E-state index contributed by atoms with van der Waals surface area (Å²) in [5, 5.41) is 0.466. The molecule has 1 saturated heterocycles. The highest BCUT2D eigenvalue weighted by Crippen LogP contribution is 2.19. The zero-order chi connectivity index (χ0) is 26.4. The van der Waals surface area contributed by atoms with Crippen molar-refractivity contribution in [3.8, 4) is 5.75 Å². The quantitative estimate of drug-likeness (QED) is 0.478. The van der Waals surface area contributed by atoms with Gasteiger partial charge < -0.3 is 24.3 Å². The van der Waals surface area contributed by atoms with Crippen molar-refractivity contribution in [3.63, 3.8) is 0 Å². The van der Waals surface area contributed by atoms with Crippen LogP contribution in [0.25, 0.3) is 0 Å². The van der Waals surface area contributed by atoms with E-state index < -0.39 is 27.0 Å². The van der Waals surface area contributed by atoms with E-state index in [1.807, 2.05) is 6.92 Å². The predicted octanol–water partition coefficient (Wildman–Crippen LogP) is 2.19. The maximum Gasteiger partial charge on any atom is 0.288 e. The Balaban J connectivity index is 1.48. The van der Waals surface area contributed by atoms with E-state index in [2.05, 4.69) is 5.32 Å². The van der Waals surface area contributed by atoms with E-state index in [1.54, 1.807) is 35.2 Å². The molecule has 1 aliphatic rings. The minimum absolute atomic E-state index is 0.0996. The van der Waals surface area contributed by atoms with Gasteiger partial charge in [-0.2, -0.15) is 0 Å². The monoisotopic (exact) mass is 525 g/mol. The van der Waals surface area contributed by atoms with Crippen molar-refractivity contribution >= 4 is 27.6 Å². The smallest absolute Gasteiger partial charge is 0.288 e. The number of piperazine rings is 1. The molecule has 1 aliphatic heterocycles. The number of carbonyl (C=O) groups excluding carboxylic acids is 3. The Morgan fingerprint density at radius 1 is 0.919 bits per heavy atom. The van der Waals surface area contributed by atoms with Crippen molar-refractivity contribution in [3.05, 3.63) is 84.3 Å². The molecule has 3 amide bonds. The maximum absolute atomic E-state index is 13.5. The van der Waals surface area contributed by atoms with E-state index >= 15 is 0 Å². The second-order valence-corrected chi connectivity index (χ2v) is 10.3. The molecule has 194 valence electrons. The summed E-state index contributed by atoms with van der Waals surface area (Å²) < 4.78 is 37.2. The van der Waals surface area contributed by atoms with Gasteiger partial charge >= 0.3 is 0 Å². The molecule has 2 aromatic carbocycles. The summed E-state index contributed by atoms with van der Waals surface area (Å²) >= 11 is 0. The van der Waals surface area contributed by atoms with Crippen molar-refractivity contribution < 1.29 is 32.0 Å².